The molecule has 0 heterocycles. The Morgan fingerprint density at radius 2 is 1.83 bits per heavy atom. The van der Waals surface area contributed by atoms with Crippen LogP contribution in [0.15, 0.2) is 55.1 Å². The number of halogens is 3. The lowest BCUT2D eigenvalue weighted by molar-refractivity contribution is 0.611. The first-order valence-corrected chi connectivity index (χ1v) is 10.5. The Morgan fingerprint density at radius 1 is 1.13 bits per heavy atom. The van der Waals surface area contributed by atoms with E-state index in [0.717, 1.165) is 11.1 Å². The number of rotatable bonds is 4. The normalized spacial score (nSPS) is 17.8. The van der Waals surface area contributed by atoms with E-state index in [1.807, 2.05) is 25.1 Å². The first-order valence-electron chi connectivity index (χ1n) is 10.2. The lowest BCUT2D eigenvalue weighted by Gasteiger charge is -2.22. The van der Waals surface area contributed by atoms with Gasteiger partial charge in [-0.05, 0) is 53.0 Å². The third-order valence-corrected chi connectivity index (χ3v) is 6.64. The first-order chi connectivity index (χ1) is 14.3. The maximum absolute atomic E-state index is 15.6. The van der Waals surface area contributed by atoms with E-state index in [2.05, 4.69) is 25.6 Å². The van der Waals surface area contributed by atoms with Gasteiger partial charge in [0, 0.05) is 22.4 Å². The summed E-state index contributed by atoms with van der Waals surface area (Å²) in [5.74, 6) is -0.744. The highest BCUT2D eigenvalue weighted by atomic mass is 35.5. The van der Waals surface area contributed by atoms with Crippen LogP contribution in [-0.4, -0.2) is 0 Å². The topological polar surface area (TPSA) is 26.0 Å². The number of fused-ring (bicyclic) bond motifs is 1. The SMILES string of the molecule is C=C(N)c1ccc(CC)c(F)c1-c1c(Cl)c(F)cc2c1[C@H](C)C(c1ccccc1)C2. The molecule has 0 radical (unpaired) electrons. The van der Waals surface area contributed by atoms with E-state index in [-0.39, 0.29) is 28.1 Å². The second kappa shape index (κ2) is 7.88. The zero-order valence-corrected chi connectivity index (χ0v) is 17.9. The smallest absolute Gasteiger partial charge is 0.142 e. The molecule has 4 heteroatoms. The van der Waals surface area contributed by atoms with Gasteiger partial charge in [-0.3, -0.25) is 0 Å². The highest BCUT2D eigenvalue weighted by Crippen LogP contribution is 2.51. The molecule has 0 saturated carbocycles. The molecule has 0 aliphatic heterocycles. The lowest BCUT2D eigenvalue weighted by Crippen LogP contribution is -2.07. The Kier molecular flexibility index (Phi) is 5.42. The van der Waals surface area contributed by atoms with Crippen LogP contribution in [0.3, 0.4) is 0 Å². The molecule has 2 N–H and O–H groups in total. The van der Waals surface area contributed by atoms with Gasteiger partial charge in [0.2, 0.25) is 0 Å². The van der Waals surface area contributed by atoms with Crippen LogP contribution in [0.4, 0.5) is 8.78 Å². The van der Waals surface area contributed by atoms with E-state index in [1.165, 1.54) is 11.6 Å². The first kappa shape index (κ1) is 20.6. The number of hydrogen-bond acceptors (Lipinski definition) is 1. The summed E-state index contributed by atoms with van der Waals surface area (Å²) in [6.45, 7) is 7.79. The summed E-state index contributed by atoms with van der Waals surface area (Å²) in [5.41, 5.74) is 10.8. The summed E-state index contributed by atoms with van der Waals surface area (Å²) in [6.07, 6.45) is 1.18. The highest BCUT2D eigenvalue weighted by Gasteiger charge is 2.36. The van der Waals surface area contributed by atoms with Crippen LogP contribution in [0.25, 0.3) is 16.8 Å². The molecule has 0 bridgehead atoms. The average molecular weight is 424 g/mol. The van der Waals surface area contributed by atoms with E-state index in [0.29, 0.717) is 29.5 Å². The molecule has 1 nitrogen and oxygen atoms in total. The molecule has 1 unspecified atom stereocenters. The van der Waals surface area contributed by atoms with Gasteiger partial charge in [0.25, 0.3) is 0 Å². The minimum Gasteiger partial charge on any atom is -0.399 e. The van der Waals surface area contributed by atoms with Crippen molar-refractivity contribution < 1.29 is 8.78 Å². The van der Waals surface area contributed by atoms with Gasteiger partial charge in [-0.2, -0.15) is 0 Å². The second-order valence-corrected chi connectivity index (χ2v) is 8.35. The second-order valence-electron chi connectivity index (χ2n) is 7.97. The summed E-state index contributed by atoms with van der Waals surface area (Å²) in [6, 6.07) is 15.1. The molecule has 0 fully saturated rings. The molecule has 2 atom stereocenters. The van der Waals surface area contributed by atoms with Gasteiger partial charge in [0.1, 0.15) is 11.6 Å². The van der Waals surface area contributed by atoms with Crippen molar-refractivity contribution in [2.24, 2.45) is 5.73 Å². The molecule has 3 aromatic rings. The van der Waals surface area contributed by atoms with Crippen molar-refractivity contribution in [1.29, 1.82) is 0 Å². The Balaban J connectivity index is 2.01. The number of hydrogen-bond donors (Lipinski definition) is 1. The molecule has 0 saturated heterocycles. The summed E-state index contributed by atoms with van der Waals surface area (Å²) in [4.78, 5) is 0. The molecule has 0 amide bonds. The number of benzene rings is 3. The molecule has 0 spiro atoms. The van der Waals surface area contributed by atoms with Gasteiger partial charge >= 0.3 is 0 Å². The number of nitrogens with two attached hydrogens (primary N) is 1. The molecule has 0 aromatic heterocycles. The molecule has 4 rings (SSSR count). The third kappa shape index (κ3) is 3.22. The minimum absolute atomic E-state index is 0.0408. The van der Waals surface area contributed by atoms with Crippen LogP contribution in [0, 0.1) is 11.6 Å². The zero-order valence-electron chi connectivity index (χ0n) is 17.1. The molecular formula is C26H24ClF2N. The minimum atomic E-state index is -0.541. The summed E-state index contributed by atoms with van der Waals surface area (Å²) >= 11 is 6.50. The lowest BCUT2D eigenvalue weighted by atomic mass is 9.84. The fraction of sp³-hybridized carbons (Fsp3) is 0.231. The summed E-state index contributed by atoms with van der Waals surface area (Å²) < 4.78 is 30.5. The van der Waals surface area contributed by atoms with Crippen LogP contribution in [0.1, 0.15) is 53.5 Å². The van der Waals surface area contributed by atoms with E-state index in [1.54, 1.807) is 12.1 Å². The molecule has 1 aliphatic carbocycles. The molecule has 3 aromatic carbocycles. The monoisotopic (exact) mass is 423 g/mol. The van der Waals surface area contributed by atoms with E-state index < -0.39 is 11.6 Å². The predicted molar refractivity (Wildman–Crippen MR) is 121 cm³/mol. The van der Waals surface area contributed by atoms with Crippen LogP contribution in [0.2, 0.25) is 5.02 Å². The Bertz CT molecular complexity index is 1140. The summed E-state index contributed by atoms with van der Waals surface area (Å²) in [7, 11) is 0. The fourth-order valence-corrected chi connectivity index (χ4v) is 5.00. The average Bonchev–Trinajstić information content (AvgIpc) is 3.05. The van der Waals surface area contributed by atoms with Crippen molar-refractivity contribution in [2.75, 3.05) is 0 Å². The zero-order chi connectivity index (χ0) is 21.6. The molecule has 30 heavy (non-hydrogen) atoms. The van der Waals surface area contributed by atoms with Crippen molar-refractivity contribution in [3.8, 4) is 11.1 Å². The van der Waals surface area contributed by atoms with Gasteiger partial charge in [-0.15, -0.1) is 0 Å². The predicted octanol–water partition coefficient (Wildman–Crippen LogP) is 7.22. The van der Waals surface area contributed by atoms with Crippen molar-refractivity contribution in [3.63, 3.8) is 0 Å². The maximum atomic E-state index is 15.6. The van der Waals surface area contributed by atoms with Crippen LogP contribution >= 0.6 is 11.6 Å². The fourth-order valence-electron chi connectivity index (χ4n) is 4.75. The Labute approximate surface area is 181 Å². The van der Waals surface area contributed by atoms with E-state index in [9.17, 15) is 4.39 Å². The van der Waals surface area contributed by atoms with E-state index >= 15 is 4.39 Å². The van der Waals surface area contributed by atoms with Crippen molar-refractivity contribution >= 4 is 17.3 Å². The molecule has 1 aliphatic rings. The van der Waals surface area contributed by atoms with Gasteiger partial charge in [0.15, 0.2) is 0 Å². The largest absolute Gasteiger partial charge is 0.399 e. The van der Waals surface area contributed by atoms with Gasteiger partial charge in [-0.25, -0.2) is 8.78 Å². The Morgan fingerprint density at radius 3 is 2.47 bits per heavy atom. The quantitative estimate of drug-likeness (QED) is 0.471. The van der Waals surface area contributed by atoms with E-state index in [4.69, 9.17) is 17.3 Å². The third-order valence-electron chi connectivity index (χ3n) is 6.27. The van der Waals surface area contributed by atoms with Crippen LogP contribution in [-0.2, 0) is 12.8 Å². The maximum Gasteiger partial charge on any atom is 0.142 e. The van der Waals surface area contributed by atoms with Gasteiger partial charge < -0.3 is 5.73 Å². The van der Waals surface area contributed by atoms with Crippen molar-refractivity contribution in [3.05, 3.63) is 99.6 Å². The molecular weight excluding hydrogens is 400 g/mol. The molecule has 154 valence electrons. The number of aryl methyl sites for hydroxylation is 1. The van der Waals surface area contributed by atoms with Gasteiger partial charge in [0.05, 0.1) is 5.02 Å². The van der Waals surface area contributed by atoms with Crippen molar-refractivity contribution in [2.45, 2.75) is 38.5 Å². The van der Waals surface area contributed by atoms with Crippen LogP contribution < -0.4 is 5.73 Å². The highest BCUT2D eigenvalue weighted by molar-refractivity contribution is 6.34. The summed E-state index contributed by atoms with van der Waals surface area (Å²) in [5, 5.41) is -0.0658. The van der Waals surface area contributed by atoms with Crippen molar-refractivity contribution in [1.82, 2.24) is 0 Å². The van der Waals surface area contributed by atoms with Gasteiger partial charge in [-0.1, -0.05) is 74.5 Å². The van der Waals surface area contributed by atoms with Crippen LogP contribution in [0.5, 0.6) is 0 Å². The standard InChI is InChI=1S/C26H24ClF2N/c1-4-16-10-11-19(15(3)30)23(26(16)29)24-22-14(2)20(17-8-6-5-7-9-17)12-18(22)13-21(28)25(24)27/h5-11,13-14,20H,3-4,12,30H2,1-2H3/t14-,20?/m1/s1. The Hall–Kier alpha value is -2.65.